The molecule has 1 amide bonds. The second-order valence-electron chi connectivity index (χ2n) is 4.96. The summed E-state index contributed by atoms with van der Waals surface area (Å²) in [5.74, 6) is 1.57. The number of carbonyl (C=O) groups excluding carboxylic acids is 1. The Hall–Kier alpha value is -3.22. The van der Waals surface area contributed by atoms with Crippen molar-refractivity contribution >= 4 is 11.6 Å². The van der Waals surface area contributed by atoms with Crippen LogP contribution in [0.15, 0.2) is 45.5 Å². The molecule has 0 unspecified atom stereocenters. The molecule has 0 spiro atoms. The first-order valence-electron chi connectivity index (χ1n) is 7.17. The minimum Gasteiger partial charge on any atom is -0.497 e. The topological polar surface area (TPSA) is 86.7 Å². The number of aryl methyl sites for hydroxylation is 1. The Balaban J connectivity index is 1.96. The fraction of sp³-hybridized carbons (Fsp3) is 0.176. The van der Waals surface area contributed by atoms with E-state index in [9.17, 15) is 4.79 Å². The molecule has 3 aromatic rings. The number of hydrogen-bond donors (Lipinski definition) is 1. The van der Waals surface area contributed by atoms with Gasteiger partial charge in [-0.05, 0) is 31.2 Å². The highest BCUT2D eigenvalue weighted by Gasteiger charge is 2.24. The van der Waals surface area contributed by atoms with Gasteiger partial charge < -0.3 is 23.7 Å². The zero-order valence-corrected chi connectivity index (χ0v) is 13.5. The average Bonchev–Trinajstić information content (AvgIpc) is 3.23. The van der Waals surface area contributed by atoms with Crippen molar-refractivity contribution in [1.29, 1.82) is 0 Å². The quantitative estimate of drug-likeness (QED) is 0.771. The van der Waals surface area contributed by atoms with Gasteiger partial charge in [0.1, 0.15) is 22.8 Å². The zero-order valence-electron chi connectivity index (χ0n) is 13.5. The third-order valence-electron chi connectivity index (χ3n) is 3.50. The fourth-order valence-electron chi connectivity index (χ4n) is 2.32. The number of anilines is 1. The number of ether oxygens (including phenoxy) is 2. The molecule has 0 aliphatic rings. The van der Waals surface area contributed by atoms with Gasteiger partial charge in [-0.3, -0.25) is 4.79 Å². The lowest BCUT2D eigenvalue weighted by Gasteiger charge is -2.11. The number of hydrogen-bond acceptors (Lipinski definition) is 6. The van der Waals surface area contributed by atoms with E-state index in [1.807, 2.05) is 0 Å². The van der Waals surface area contributed by atoms with Crippen LogP contribution in [0.5, 0.6) is 11.5 Å². The van der Waals surface area contributed by atoms with Crippen LogP contribution in [0, 0.1) is 6.92 Å². The summed E-state index contributed by atoms with van der Waals surface area (Å²) in [5.41, 5.74) is 1.12. The number of methoxy groups -OCH3 is 2. The summed E-state index contributed by atoms with van der Waals surface area (Å²) in [6.45, 7) is 1.66. The van der Waals surface area contributed by atoms with Gasteiger partial charge in [0.05, 0.1) is 26.2 Å². The highest BCUT2D eigenvalue weighted by Crippen LogP contribution is 2.31. The molecule has 0 aliphatic heterocycles. The molecule has 0 radical (unpaired) electrons. The van der Waals surface area contributed by atoms with Crippen LogP contribution in [0.4, 0.5) is 5.69 Å². The molecule has 0 bridgehead atoms. The van der Waals surface area contributed by atoms with Gasteiger partial charge in [0.25, 0.3) is 5.91 Å². The summed E-state index contributed by atoms with van der Waals surface area (Å²) in [7, 11) is 3.07. The third-order valence-corrected chi connectivity index (χ3v) is 3.50. The highest BCUT2D eigenvalue weighted by molar-refractivity contribution is 6.09. The first kappa shape index (κ1) is 15.7. The van der Waals surface area contributed by atoms with Crippen molar-refractivity contribution in [2.45, 2.75) is 6.92 Å². The van der Waals surface area contributed by atoms with Crippen LogP contribution < -0.4 is 14.8 Å². The maximum atomic E-state index is 12.7. The van der Waals surface area contributed by atoms with Gasteiger partial charge >= 0.3 is 0 Å². The molecular weight excluding hydrogens is 312 g/mol. The minimum absolute atomic E-state index is 0.301. The third kappa shape index (κ3) is 2.83. The summed E-state index contributed by atoms with van der Waals surface area (Å²) in [6, 6.07) is 8.55. The molecule has 7 nitrogen and oxygen atoms in total. The molecule has 0 saturated heterocycles. The van der Waals surface area contributed by atoms with E-state index in [1.165, 1.54) is 13.4 Å². The lowest BCUT2D eigenvalue weighted by molar-refractivity contribution is 0.102. The largest absolute Gasteiger partial charge is 0.497 e. The van der Waals surface area contributed by atoms with Gasteiger partial charge in [0, 0.05) is 6.07 Å². The van der Waals surface area contributed by atoms with E-state index in [4.69, 9.17) is 18.4 Å². The Labute approximate surface area is 138 Å². The van der Waals surface area contributed by atoms with Crippen LogP contribution in [-0.4, -0.2) is 25.3 Å². The fourth-order valence-corrected chi connectivity index (χ4v) is 2.32. The SMILES string of the molecule is COc1ccc(OC)c(NC(=O)c2c(-c3ccco3)noc2C)c1. The smallest absolute Gasteiger partial charge is 0.261 e. The van der Waals surface area contributed by atoms with Gasteiger partial charge in [-0.2, -0.15) is 0 Å². The van der Waals surface area contributed by atoms with Crippen molar-refractivity contribution in [3.63, 3.8) is 0 Å². The maximum Gasteiger partial charge on any atom is 0.261 e. The number of furan rings is 1. The second kappa shape index (κ2) is 6.49. The molecule has 2 aromatic heterocycles. The molecule has 0 aliphatic carbocycles. The Morgan fingerprint density at radius 2 is 2.04 bits per heavy atom. The number of aromatic nitrogens is 1. The Bertz CT molecular complexity index is 852. The number of amides is 1. The number of rotatable bonds is 5. The van der Waals surface area contributed by atoms with E-state index in [0.29, 0.717) is 40.0 Å². The van der Waals surface area contributed by atoms with Gasteiger partial charge in [-0.1, -0.05) is 5.16 Å². The van der Waals surface area contributed by atoms with Crippen LogP contribution in [0.1, 0.15) is 16.1 Å². The molecule has 1 N–H and O–H groups in total. The molecule has 0 fully saturated rings. The number of benzene rings is 1. The predicted molar refractivity (Wildman–Crippen MR) is 86.4 cm³/mol. The normalized spacial score (nSPS) is 10.5. The summed E-state index contributed by atoms with van der Waals surface area (Å²) in [5, 5.41) is 6.71. The molecule has 124 valence electrons. The highest BCUT2D eigenvalue weighted by atomic mass is 16.5. The monoisotopic (exact) mass is 328 g/mol. The van der Waals surface area contributed by atoms with Crippen molar-refractivity contribution in [3.8, 4) is 23.0 Å². The average molecular weight is 328 g/mol. The molecule has 0 saturated carbocycles. The molecule has 24 heavy (non-hydrogen) atoms. The molecular formula is C17H16N2O5. The second-order valence-corrected chi connectivity index (χ2v) is 4.96. The lowest BCUT2D eigenvalue weighted by Crippen LogP contribution is -2.14. The Morgan fingerprint density at radius 3 is 2.71 bits per heavy atom. The maximum absolute atomic E-state index is 12.7. The Morgan fingerprint density at radius 1 is 1.21 bits per heavy atom. The number of nitrogens with zero attached hydrogens (tertiary/aromatic N) is 1. The van der Waals surface area contributed by atoms with Crippen molar-refractivity contribution in [3.05, 3.63) is 47.9 Å². The van der Waals surface area contributed by atoms with Crippen molar-refractivity contribution < 1.29 is 23.2 Å². The first-order chi connectivity index (χ1) is 11.6. The Kier molecular flexibility index (Phi) is 4.24. The van der Waals surface area contributed by atoms with Gasteiger partial charge in [-0.25, -0.2) is 0 Å². The van der Waals surface area contributed by atoms with Crippen LogP contribution in [0.2, 0.25) is 0 Å². The molecule has 2 heterocycles. The molecule has 3 rings (SSSR count). The number of nitrogens with one attached hydrogen (secondary N) is 1. The van der Waals surface area contributed by atoms with Crippen LogP contribution in [0.25, 0.3) is 11.5 Å². The minimum atomic E-state index is -0.383. The van der Waals surface area contributed by atoms with E-state index in [2.05, 4.69) is 10.5 Å². The molecule has 0 atom stereocenters. The van der Waals surface area contributed by atoms with E-state index in [-0.39, 0.29) is 5.91 Å². The molecule has 7 heteroatoms. The van der Waals surface area contributed by atoms with E-state index >= 15 is 0 Å². The summed E-state index contributed by atoms with van der Waals surface area (Å²) in [4.78, 5) is 12.7. The molecule has 1 aromatic carbocycles. The van der Waals surface area contributed by atoms with Crippen molar-refractivity contribution in [2.24, 2.45) is 0 Å². The van der Waals surface area contributed by atoms with Gasteiger partial charge in [0.15, 0.2) is 11.5 Å². The van der Waals surface area contributed by atoms with Gasteiger partial charge in [0.2, 0.25) is 0 Å². The van der Waals surface area contributed by atoms with Crippen LogP contribution >= 0.6 is 0 Å². The summed E-state index contributed by atoms with van der Waals surface area (Å²) in [6.07, 6.45) is 1.51. The van der Waals surface area contributed by atoms with Crippen molar-refractivity contribution in [1.82, 2.24) is 5.16 Å². The van der Waals surface area contributed by atoms with Crippen LogP contribution in [-0.2, 0) is 0 Å². The predicted octanol–water partition coefficient (Wildman–Crippen LogP) is 3.51. The summed E-state index contributed by atoms with van der Waals surface area (Å²) < 4.78 is 20.9. The van der Waals surface area contributed by atoms with Crippen LogP contribution in [0.3, 0.4) is 0 Å². The van der Waals surface area contributed by atoms with E-state index in [0.717, 1.165) is 0 Å². The zero-order chi connectivity index (χ0) is 17.1. The van der Waals surface area contributed by atoms with Gasteiger partial charge in [-0.15, -0.1) is 0 Å². The van der Waals surface area contributed by atoms with Crippen molar-refractivity contribution in [2.75, 3.05) is 19.5 Å². The lowest BCUT2D eigenvalue weighted by atomic mass is 10.1. The van der Waals surface area contributed by atoms with E-state index in [1.54, 1.807) is 44.4 Å². The number of carbonyl (C=O) groups is 1. The summed E-state index contributed by atoms with van der Waals surface area (Å²) >= 11 is 0. The standard InChI is InChI=1S/C17H16N2O5/c1-10-15(16(19-24-10)14-5-4-8-23-14)17(20)18-12-9-11(21-2)6-7-13(12)22-3/h4-9H,1-3H3,(H,18,20). The first-order valence-corrected chi connectivity index (χ1v) is 7.17. The van der Waals surface area contributed by atoms with E-state index < -0.39 is 0 Å².